The van der Waals surface area contributed by atoms with Crippen LogP contribution in [-0.2, 0) is 11.8 Å². The van der Waals surface area contributed by atoms with Crippen molar-refractivity contribution < 1.29 is 4.74 Å². The van der Waals surface area contributed by atoms with Gasteiger partial charge in [-0.3, -0.25) is 14.6 Å². The maximum Gasteiger partial charge on any atom is 0.193 e. The lowest BCUT2D eigenvalue weighted by Crippen LogP contribution is -2.50. The molecule has 2 aliphatic heterocycles. The lowest BCUT2D eigenvalue weighted by atomic mass is 9.97. The third kappa shape index (κ3) is 6.21. The Hall–Kier alpha value is -1.17. The van der Waals surface area contributed by atoms with Crippen molar-refractivity contribution in [2.45, 2.75) is 31.9 Å². The Morgan fingerprint density at radius 3 is 2.81 bits per heavy atom. The van der Waals surface area contributed by atoms with Crippen LogP contribution in [0.25, 0.3) is 0 Å². The lowest BCUT2D eigenvalue weighted by Gasteiger charge is -2.38. The summed E-state index contributed by atoms with van der Waals surface area (Å²) in [6, 6.07) is 4.82. The lowest BCUT2D eigenvalue weighted by molar-refractivity contribution is -0.00817. The molecule has 0 bridgehead atoms. The van der Waals surface area contributed by atoms with E-state index in [1.54, 1.807) is 0 Å². The summed E-state index contributed by atoms with van der Waals surface area (Å²) in [5, 5.41) is 10.2. The van der Waals surface area contributed by atoms with Gasteiger partial charge >= 0.3 is 0 Å². The molecule has 0 saturated carbocycles. The molecular formula is C22H35IN6OS. The van der Waals surface area contributed by atoms with E-state index in [-0.39, 0.29) is 30.1 Å². The third-order valence-electron chi connectivity index (χ3n) is 6.26. The number of nitrogens with one attached hydrogen (secondary N) is 1. The van der Waals surface area contributed by atoms with Crippen molar-refractivity contribution in [2.24, 2.45) is 18.0 Å². The highest BCUT2D eigenvalue weighted by Gasteiger charge is 2.28. The van der Waals surface area contributed by atoms with Crippen LogP contribution in [0.1, 0.15) is 42.4 Å². The fraction of sp³-hybridized carbons (Fsp3) is 0.636. The normalized spacial score (nSPS) is 22.2. The minimum Gasteiger partial charge on any atom is -0.370 e. The average Bonchev–Trinajstić information content (AvgIpc) is 3.44. The number of likely N-dealkylation sites (tertiary alicyclic amines) is 1. The van der Waals surface area contributed by atoms with Gasteiger partial charge in [0.25, 0.3) is 0 Å². The highest BCUT2D eigenvalue weighted by Crippen LogP contribution is 2.29. The predicted octanol–water partition coefficient (Wildman–Crippen LogP) is 3.52. The molecule has 4 heterocycles. The molecule has 2 fully saturated rings. The number of aryl methyl sites for hydroxylation is 1. The van der Waals surface area contributed by atoms with Crippen molar-refractivity contribution >= 4 is 41.3 Å². The summed E-state index contributed by atoms with van der Waals surface area (Å²) in [7, 11) is 3.82. The van der Waals surface area contributed by atoms with E-state index < -0.39 is 0 Å². The van der Waals surface area contributed by atoms with E-state index in [1.165, 1.54) is 30.8 Å². The van der Waals surface area contributed by atoms with Crippen molar-refractivity contribution in [3.8, 4) is 0 Å². The zero-order valence-electron chi connectivity index (χ0n) is 18.7. The van der Waals surface area contributed by atoms with Crippen LogP contribution in [0, 0.1) is 5.92 Å². The molecule has 7 nitrogen and oxygen atoms in total. The Labute approximate surface area is 206 Å². The largest absolute Gasteiger partial charge is 0.370 e. The summed E-state index contributed by atoms with van der Waals surface area (Å²) in [6.45, 7) is 7.91. The van der Waals surface area contributed by atoms with Gasteiger partial charge in [-0.1, -0.05) is 13.0 Å². The quantitative estimate of drug-likeness (QED) is 0.346. The van der Waals surface area contributed by atoms with Crippen LogP contribution in [0.15, 0.2) is 34.9 Å². The molecule has 2 aromatic rings. The molecule has 2 aromatic heterocycles. The Morgan fingerprint density at radius 1 is 1.35 bits per heavy atom. The molecule has 9 heteroatoms. The van der Waals surface area contributed by atoms with Crippen LogP contribution in [0.5, 0.6) is 0 Å². The number of guanidine groups is 1. The molecule has 2 aliphatic rings. The van der Waals surface area contributed by atoms with E-state index >= 15 is 0 Å². The second-order valence-corrected chi connectivity index (χ2v) is 9.41. The second-order valence-electron chi connectivity index (χ2n) is 8.43. The average molecular weight is 559 g/mol. The summed E-state index contributed by atoms with van der Waals surface area (Å²) < 4.78 is 7.84. The van der Waals surface area contributed by atoms with Crippen molar-refractivity contribution in [3.05, 3.63) is 40.3 Å². The standard InChI is InChI=1S/C22H34N6OS.HI/c1-17-6-8-27(9-7-17)19(21-5-4-12-30-21)14-24-22(23-2)28-10-11-29-20(16-28)18-13-25-26(3)15-18;/h4-5,12-13,15,17,19-20H,6-11,14,16H2,1-3H3,(H,23,24);1H. The Kier molecular flexibility index (Phi) is 9.18. The number of aliphatic imine (C=N–C) groups is 1. The number of thiophene rings is 1. The maximum atomic E-state index is 6.01. The molecule has 1 N–H and O–H groups in total. The number of morpholine rings is 1. The molecule has 31 heavy (non-hydrogen) atoms. The number of aromatic nitrogens is 2. The molecule has 4 rings (SSSR count). The first-order chi connectivity index (χ1) is 14.6. The molecule has 0 aliphatic carbocycles. The van der Waals surface area contributed by atoms with Gasteiger partial charge in [0.2, 0.25) is 0 Å². The van der Waals surface area contributed by atoms with Gasteiger partial charge in [-0.25, -0.2) is 0 Å². The monoisotopic (exact) mass is 558 g/mol. The SMILES string of the molecule is CN=C(NCC(c1cccs1)N1CCC(C)CC1)N1CCOC(c2cnn(C)c2)C1.I. The van der Waals surface area contributed by atoms with Crippen LogP contribution >= 0.6 is 35.3 Å². The smallest absolute Gasteiger partial charge is 0.193 e. The van der Waals surface area contributed by atoms with Gasteiger partial charge in [0.15, 0.2) is 5.96 Å². The van der Waals surface area contributed by atoms with Crippen LogP contribution < -0.4 is 5.32 Å². The Balaban J connectivity index is 0.00000272. The van der Waals surface area contributed by atoms with Crippen LogP contribution in [0.3, 0.4) is 0 Å². The first-order valence-electron chi connectivity index (χ1n) is 11.0. The van der Waals surface area contributed by atoms with Gasteiger partial charge < -0.3 is 15.0 Å². The molecule has 0 radical (unpaired) electrons. The summed E-state index contributed by atoms with van der Waals surface area (Å²) in [5.41, 5.74) is 1.12. The van der Waals surface area contributed by atoms with E-state index in [2.05, 4.69) is 49.6 Å². The minimum atomic E-state index is 0. The molecule has 0 spiro atoms. The highest BCUT2D eigenvalue weighted by atomic mass is 127. The van der Waals surface area contributed by atoms with E-state index in [9.17, 15) is 0 Å². The zero-order valence-corrected chi connectivity index (χ0v) is 21.9. The van der Waals surface area contributed by atoms with Gasteiger partial charge in [-0.15, -0.1) is 35.3 Å². The topological polar surface area (TPSA) is 57.9 Å². The van der Waals surface area contributed by atoms with E-state index in [4.69, 9.17) is 4.74 Å². The van der Waals surface area contributed by atoms with E-state index in [0.717, 1.165) is 37.1 Å². The summed E-state index contributed by atoms with van der Waals surface area (Å²) >= 11 is 1.86. The van der Waals surface area contributed by atoms with E-state index in [0.29, 0.717) is 12.6 Å². The number of nitrogens with zero attached hydrogens (tertiary/aromatic N) is 5. The Morgan fingerprint density at radius 2 is 2.16 bits per heavy atom. The fourth-order valence-electron chi connectivity index (χ4n) is 4.40. The van der Waals surface area contributed by atoms with Crippen molar-refractivity contribution in [2.75, 3.05) is 46.4 Å². The van der Waals surface area contributed by atoms with Gasteiger partial charge in [0.1, 0.15) is 6.10 Å². The van der Waals surface area contributed by atoms with Gasteiger partial charge in [-0.05, 0) is 43.3 Å². The molecule has 172 valence electrons. The number of piperidine rings is 1. The third-order valence-corrected chi connectivity index (χ3v) is 7.23. The fourth-order valence-corrected chi connectivity index (χ4v) is 5.26. The minimum absolute atomic E-state index is 0. The van der Waals surface area contributed by atoms with Crippen molar-refractivity contribution in [1.82, 2.24) is 24.9 Å². The Bertz CT molecular complexity index is 818. The predicted molar refractivity (Wildman–Crippen MR) is 137 cm³/mol. The van der Waals surface area contributed by atoms with E-state index in [1.807, 2.05) is 42.5 Å². The summed E-state index contributed by atoms with van der Waals surface area (Å²) in [6.07, 6.45) is 6.53. The second kappa shape index (κ2) is 11.6. The number of halogens is 1. The summed E-state index contributed by atoms with van der Waals surface area (Å²) in [4.78, 5) is 11.0. The summed E-state index contributed by atoms with van der Waals surface area (Å²) in [5.74, 6) is 1.79. The number of rotatable bonds is 5. The number of hydrogen-bond acceptors (Lipinski definition) is 5. The first kappa shape index (κ1) is 24.5. The first-order valence-corrected chi connectivity index (χ1v) is 11.8. The number of hydrogen-bond donors (Lipinski definition) is 1. The maximum absolute atomic E-state index is 6.01. The van der Waals surface area contributed by atoms with Crippen LogP contribution in [0.4, 0.5) is 0 Å². The molecule has 2 atom stereocenters. The molecular weight excluding hydrogens is 523 g/mol. The van der Waals surface area contributed by atoms with Crippen molar-refractivity contribution in [1.29, 1.82) is 0 Å². The molecule has 2 saturated heterocycles. The van der Waals surface area contributed by atoms with Crippen LogP contribution in [-0.4, -0.2) is 71.9 Å². The van der Waals surface area contributed by atoms with Gasteiger partial charge in [-0.2, -0.15) is 5.10 Å². The highest BCUT2D eigenvalue weighted by molar-refractivity contribution is 14.0. The number of ether oxygens (including phenoxy) is 1. The van der Waals surface area contributed by atoms with Crippen LogP contribution in [0.2, 0.25) is 0 Å². The molecule has 2 unspecified atom stereocenters. The van der Waals surface area contributed by atoms with Crippen molar-refractivity contribution in [3.63, 3.8) is 0 Å². The van der Waals surface area contributed by atoms with Gasteiger partial charge in [0.05, 0.1) is 25.4 Å². The molecule has 0 aromatic carbocycles. The van der Waals surface area contributed by atoms with Gasteiger partial charge in [0, 0.05) is 43.8 Å². The zero-order chi connectivity index (χ0) is 20.9. The molecule has 0 amide bonds.